The number of hydrogen-bond donors (Lipinski definition) is 3. The van der Waals surface area contributed by atoms with Crippen LogP contribution in [0.3, 0.4) is 0 Å². The molecule has 2 heterocycles. The van der Waals surface area contributed by atoms with Crippen LogP contribution in [0.1, 0.15) is 5.56 Å². The van der Waals surface area contributed by atoms with Gasteiger partial charge < -0.3 is 17.2 Å². The van der Waals surface area contributed by atoms with E-state index in [-0.39, 0.29) is 0 Å². The summed E-state index contributed by atoms with van der Waals surface area (Å²) in [4.78, 5) is 12.4. The lowest BCUT2D eigenvalue weighted by molar-refractivity contribution is 0.973. The lowest BCUT2D eigenvalue weighted by Crippen LogP contribution is -2.00. The van der Waals surface area contributed by atoms with Crippen molar-refractivity contribution in [2.24, 2.45) is 0 Å². The Balaban J connectivity index is 2.37. The number of nitrogens with zero attached hydrogens (tertiary/aromatic N) is 3. The zero-order valence-electron chi connectivity index (χ0n) is 9.51. The molecule has 0 fully saturated rings. The van der Waals surface area contributed by atoms with Crippen LogP contribution in [0.2, 0.25) is 0 Å². The molecule has 8 heteroatoms. The summed E-state index contributed by atoms with van der Waals surface area (Å²) in [7, 11) is 0. The van der Waals surface area contributed by atoms with Gasteiger partial charge in [0.2, 0.25) is 0 Å². The first-order valence-corrected chi connectivity index (χ1v) is 6.57. The Labute approximate surface area is 117 Å². The monoisotopic (exact) mass is 326 g/mol. The first kappa shape index (κ1) is 12.9. The van der Waals surface area contributed by atoms with Crippen LogP contribution >= 0.6 is 27.7 Å². The summed E-state index contributed by atoms with van der Waals surface area (Å²) in [6, 6.07) is 1.50. The molecule has 94 valence electrons. The average Bonchev–Trinajstić information content (AvgIpc) is 2.29. The Kier molecular flexibility index (Phi) is 3.58. The van der Waals surface area contributed by atoms with Gasteiger partial charge in [-0.3, -0.25) is 0 Å². The van der Waals surface area contributed by atoms with E-state index in [1.807, 2.05) is 6.92 Å². The van der Waals surface area contributed by atoms with E-state index in [0.717, 1.165) is 10.0 Å². The predicted molar refractivity (Wildman–Crippen MR) is 76.1 cm³/mol. The highest BCUT2D eigenvalue weighted by molar-refractivity contribution is 9.10. The van der Waals surface area contributed by atoms with Gasteiger partial charge in [0.25, 0.3) is 0 Å². The largest absolute Gasteiger partial charge is 0.397 e. The Hall–Kier alpha value is -1.54. The van der Waals surface area contributed by atoms with Crippen molar-refractivity contribution in [3.63, 3.8) is 0 Å². The Morgan fingerprint density at radius 3 is 2.39 bits per heavy atom. The van der Waals surface area contributed by atoms with E-state index >= 15 is 0 Å². The molecule has 18 heavy (non-hydrogen) atoms. The number of pyridine rings is 1. The molecule has 2 aromatic heterocycles. The van der Waals surface area contributed by atoms with Crippen LogP contribution in [0.5, 0.6) is 0 Å². The Morgan fingerprint density at radius 2 is 1.78 bits per heavy atom. The SMILES string of the molecule is Cc1c(N)cnc(Sc2nc(N)cc(N)n2)c1Br. The van der Waals surface area contributed by atoms with Crippen LogP contribution < -0.4 is 17.2 Å². The summed E-state index contributed by atoms with van der Waals surface area (Å²) in [6.07, 6.45) is 1.60. The van der Waals surface area contributed by atoms with Crippen molar-refractivity contribution in [1.29, 1.82) is 0 Å². The highest BCUT2D eigenvalue weighted by Crippen LogP contribution is 2.34. The zero-order chi connectivity index (χ0) is 13.3. The van der Waals surface area contributed by atoms with E-state index in [4.69, 9.17) is 17.2 Å². The number of aromatic nitrogens is 3. The summed E-state index contributed by atoms with van der Waals surface area (Å²) < 4.78 is 0.817. The molecule has 0 spiro atoms. The Bertz CT molecular complexity index is 583. The highest BCUT2D eigenvalue weighted by Gasteiger charge is 2.11. The molecule has 0 radical (unpaired) electrons. The van der Waals surface area contributed by atoms with E-state index in [1.165, 1.54) is 17.8 Å². The van der Waals surface area contributed by atoms with Crippen molar-refractivity contribution in [2.75, 3.05) is 17.2 Å². The van der Waals surface area contributed by atoms with Crippen LogP contribution in [0.15, 0.2) is 26.9 Å². The number of hydrogen-bond acceptors (Lipinski definition) is 7. The summed E-state index contributed by atoms with van der Waals surface area (Å²) in [5, 5.41) is 1.16. The van der Waals surface area contributed by atoms with Crippen molar-refractivity contribution in [1.82, 2.24) is 15.0 Å². The van der Waals surface area contributed by atoms with Gasteiger partial charge in [0.1, 0.15) is 16.7 Å². The third-order valence-electron chi connectivity index (χ3n) is 2.20. The molecular weight excluding hydrogens is 316 g/mol. The molecule has 0 saturated heterocycles. The van der Waals surface area contributed by atoms with Crippen molar-refractivity contribution in [3.8, 4) is 0 Å². The predicted octanol–water partition coefficient (Wildman–Crippen LogP) is 1.84. The molecule has 0 aromatic carbocycles. The van der Waals surface area contributed by atoms with Crippen LogP contribution in [0.25, 0.3) is 0 Å². The molecule has 6 N–H and O–H groups in total. The summed E-state index contributed by atoms with van der Waals surface area (Å²) in [5.41, 5.74) is 18.5. The van der Waals surface area contributed by atoms with E-state index in [2.05, 4.69) is 30.9 Å². The molecule has 0 amide bonds. The molecule has 0 aliphatic heterocycles. The van der Waals surface area contributed by atoms with E-state index < -0.39 is 0 Å². The van der Waals surface area contributed by atoms with Gasteiger partial charge in [0.05, 0.1) is 16.4 Å². The van der Waals surface area contributed by atoms with Crippen LogP contribution in [-0.2, 0) is 0 Å². The van der Waals surface area contributed by atoms with Gasteiger partial charge in [0.15, 0.2) is 5.16 Å². The van der Waals surface area contributed by atoms with E-state index in [9.17, 15) is 0 Å². The standard InChI is InChI=1S/C10H11BrN6S/c1-4-5(12)3-15-9(8(4)11)18-10-16-6(13)2-7(14)17-10/h2-3H,12H2,1H3,(H4,13,14,16,17). The Morgan fingerprint density at radius 1 is 1.17 bits per heavy atom. The van der Waals surface area contributed by atoms with Gasteiger partial charge >= 0.3 is 0 Å². The number of nitrogen functional groups attached to an aromatic ring is 3. The fourth-order valence-corrected chi connectivity index (χ4v) is 2.63. The van der Waals surface area contributed by atoms with Gasteiger partial charge in [0, 0.05) is 6.07 Å². The minimum absolute atomic E-state index is 0.327. The molecule has 0 aliphatic carbocycles. The number of halogens is 1. The van der Waals surface area contributed by atoms with Crippen LogP contribution in [0, 0.1) is 6.92 Å². The van der Waals surface area contributed by atoms with E-state index in [0.29, 0.717) is 27.5 Å². The van der Waals surface area contributed by atoms with Gasteiger partial charge in [-0.15, -0.1) is 0 Å². The molecule has 0 saturated carbocycles. The topological polar surface area (TPSA) is 117 Å². The number of anilines is 3. The maximum Gasteiger partial charge on any atom is 0.197 e. The summed E-state index contributed by atoms with van der Waals surface area (Å²) >= 11 is 4.71. The summed E-state index contributed by atoms with van der Waals surface area (Å²) in [6.45, 7) is 1.90. The first-order chi connectivity index (χ1) is 8.47. The van der Waals surface area contributed by atoms with Gasteiger partial charge in [-0.25, -0.2) is 15.0 Å². The highest BCUT2D eigenvalue weighted by atomic mass is 79.9. The van der Waals surface area contributed by atoms with Crippen molar-refractivity contribution >= 4 is 45.0 Å². The molecule has 6 nitrogen and oxygen atoms in total. The smallest absolute Gasteiger partial charge is 0.197 e. The fourth-order valence-electron chi connectivity index (χ4n) is 1.23. The lowest BCUT2D eigenvalue weighted by Gasteiger charge is -2.07. The van der Waals surface area contributed by atoms with E-state index in [1.54, 1.807) is 6.20 Å². The molecular formula is C10H11BrN6S. The molecule has 0 atom stereocenters. The second-order valence-electron chi connectivity index (χ2n) is 3.56. The fraction of sp³-hybridized carbons (Fsp3) is 0.100. The molecule has 2 rings (SSSR count). The third kappa shape index (κ3) is 2.65. The number of rotatable bonds is 2. The minimum atomic E-state index is 0.327. The van der Waals surface area contributed by atoms with Crippen LogP contribution in [-0.4, -0.2) is 15.0 Å². The lowest BCUT2D eigenvalue weighted by atomic mass is 10.3. The maximum atomic E-state index is 5.76. The first-order valence-electron chi connectivity index (χ1n) is 4.96. The van der Waals surface area contributed by atoms with Crippen molar-refractivity contribution in [3.05, 3.63) is 22.3 Å². The zero-order valence-corrected chi connectivity index (χ0v) is 11.9. The average molecular weight is 327 g/mol. The molecule has 0 aliphatic rings. The quantitative estimate of drug-likeness (QED) is 0.720. The summed E-state index contributed by atoms with van der Waals surface area (Å²) in [5.74, 6) is 0.654. The molecule has 0 unspecified atom stereocenters. The van der Waals surface area contributed by atoms with Gasteiger partial charge in [-0.2, -0.15) is 0 Å². The molecule has 2 aromatic rings. The minimum Gasteiger partial charge on any atom is -0.397 e. The van der Waals surface area contributed by atoms with Crippen molar-refractivity contribution in [2.45, 2.75) is 17.1 Å². The van der Waals surface area contributed by atoms with Crippen LogP contribution in [0.4, 0.5) is 17.3 Å². The van der Waals surface area contributed by atoms with Gasteiger partial charge in [-0.1, -0.05) is 0 Å². The molecule has 0 bridgehead atoms. The maximum absolute atomic E-state index is 5.76. The third-order valence-corrected chi connectivity index (χ3v) is 4.30. The number of nitrogens with two attached hydrogens (primary N) is 3. The van der Waals surface area contributed by atoms with Crippen molar-refractivity contribution < 1.29 is 0 Å². The second kappa shape index (κ2) is 4.99. The van der Waals surface area contributed by atoms with Gasteiger partial charge in [-0.05, 0) is 40.2 Å². The second-order valence-corrected chi connectivity index (χ2v) is 5.31. The normalized spacial score (nSPS) is 10.6.